The van der Waals surface area contributed by atoms with E-state index in [4.69, 9.17) is 14.0 Å². The van der Waals surface area contributed by atoms with Gasteiger partial charge in [0.1, 0.15) is 12.2 Å². The van der Waals surface area contributed by atoms with E-state index in [0.717, 1.165) is 16.8 Å². The van der Waals surface area contributed by atoms with E-state index in [1.807, 2.05) is 4.98 Å². The predicted molar refractivity (Wildman–Crippen MR) is 91.1 cm³/mol. The highest BCUT2D eigenvalue weighted by molar-refractivity contribution is 7.53. The third-order valence-electron chi connectivity index (χ3n) is 3.91. The Balaban J connectivity index is 2.32. The summed E-state index contributed by atoms with van der Waals surface area (Å²) >= 11 is 0. The molecule has 0 saturated carbocycles. The third-order valence-corrected chi connectivity index (χ3v) is 5.76. The maximum atomic E-state index is 15.0. The first kappa shape index (κ1) is 21.0. The highest BCUT2D eigenvalue weighted by Crippen LogP contribution is 2.51. The van der Waals surface area contributed by atoms with Gasteiger partial charge in [-0.2, -0.15) is 0 Å². The van der Waals surface area contributed by atoms with Gasteiger partial charge >= 0.3 is 13.3 Å². The van der Waals surface area contributed by atoms with Gasteiger partial charge in [0.25, 0.3) is 5.56 Å². The smallest absolute Gasteiger partial charge is 0.331 e. The molecule has 11 heteroatoms. The number of rotatable bonds is 7. The van der Waals surface area contributed by atoms with Gasteiger partial charge in [0.15, 0.2) is 12.4 Å². The predicted octanol–water partition coefficient (Wildman–Crippen LogP) is 1.18. The molecule has 0 aliphatic carbocycles. The maximum absolute atomic E-state index is 15.0. The van der Waals surface area contributed by atoms with E-state index in [1.165, 1.54) is 13.8 Å². The van der Waals surface area contributed by atoms with Crippen LogP contribution in [0.4, 0.5) is 4.39 Å². The van der Waals surface area contributed by atoms with Gasteiger partial charge in [0.2, 0.25) is 0 Å². The van der Waals surface area contributed by atoms with Crippen molar-refractivity contribution in [1.82, 2.24) is 9.55 Å². The molecule has 2 unspecified atom stereocenters. The number of hydrogen-bond donors (Lipinski definition) is 2. The highest BCUT2D eigenvalue weighted by Gasteiger charge is 2.50. The van der Waals surface area contributed by atoms with Crippen molar-refractivity contribution < 1.29 is 27.8 Å². The molecular weight excluding hydrogens is 370 g/mol. The average molecular weight is 394 g/mol. The minimum absolute atomic E-state index is 0.0878. The van der Waals surface area contributed by atoms with Gasteiger partial charge < -0.3 is 14.4 Å². The molecule has 1 aliphatic rings. The molecule has 2 heterocycles. The monoisotopic (exact) mass is 394 g/mol. The number of H-pyrrole nitrogens is 1. The van der Waals surface area contributed by atoms with Crippen molar-refractivity contribution in [2.45, 2.75) is 64.1 Å². The molecule has 5 atom stereocenters. The minimum Gasteiger partial charge on any atom is -0.376 e. The van der Waals surface area contributed by atoms with Crippen molar-refractivity contribution in [3.8, 4) is 0 Å². The fraction of sp³-hybridized carbons (Fsp3) is 0.733. The van der Waals surface area contributed by atoms with Gasteiger partial charge in [-0.1, -0.05) is 13.8 Å². The van der Waals surface area contributed by atoms with Crippen LogP contribution in [0.1, 0.15) is 33.9 Å². The molecular formula is C15H24FN2O7P. The molecule has 1 aromatic rings. The van der Waals surface area contributed by atoms with Crippen LogP contribution >= 0.6 is 7.60 Å². The first-order chi connectivity index (χ1) is 12.0. The van der Waals surface area contributed by atoms with Crippen LogP contribution in [-0.2, 0) is 18.6 Å². The Morgan fingerprint density at radius 3 is 2.58 bits per heavy atom. The number of nitrogens with one attached hydrogen (secondary N) is 1. The number of ether oxygens (including phenoxy) is 2. The van der Waals surface area contributed by atoms with Gasteiger partial charge in [-0.15, -0.1) is 0 Å². The molecule has 1 saturated heterocycles. The molecule has 0 spiro atoms. The fourth-order valence-electron chi connectivity index (χ4n) is 2.39. The lowest BCUT2D eigenvalue weighted by molar-refractivity contribution is -0.0742. The molecule has 1 aliphatic heterocycles. The maximum Gasteiger partial charge on any atom is 0.331 e. The Morgan fingerprint density at radius 1 is 1.38 bits per heavy atom. The summed E-state index contributed by atoms with van der Waals surface area (Å²) in [5, 5.41) is 0. The van der Waals surface area contributed by atoms with Gasteiger partial charge in [-0.05, 0) is 13.8 Å². The van der Waals surface area contributed by atoms with Crippen LogP contribution in [0.25, 0.3) is 0 Å². The van der Waals surface area contributed by atoms with Crippen molar-refractivity contribution >= 4 is 7.60 Å². The van der Waals surface area contributed by atoms with Crippen LogP contribution in [0.15, 0.2) is 21.9 Å². The molecule has 0 amide bonds. The van der Waals surface area contributed by atoms with Crippen molar-refractivity contribution in [1.29, 1.82) is 0 Å². The summed E-state index contributed by atoms with van der Waals surface area (Å²) in [4.78, 5) is 35.1. The summed E-state index contributed by atoms with van der Waals surface area (Å²) in [5.74, 6) is 0. The lowest BCUT2D eigenvalue weighted by Gasteiger charge is -2.25. The summed E-state index contributed by atoms with van der Waals surface area (Å²) in [5.41, 5.74) is -2.23. The van der Waals surface area contributed by atoms with Crippen LogP contribution in [0.2, 0.25) is 0 Å². The molecule has 26 heavy (non-hydrogen) atoms. The second-order valence-corrected chi connectivity index (χ2v) is 9.01. The number of alkyl halides is 1. The van der Waals surface area contributed by atoms with Crippen molar-refractivity contribution in [2.75, 3.05) is 6.61 Å². The van der Waals surface area contributed by atoms with Gasteiger partial charge in [0, 0.05) is 12.3 Å². The normalized spacial score (nSPS) is 28.6. The number of halogens is 1. The molecule has 1 aromatic heterocycles. The zero-order chi connectivity index (χ0) is 19.6. The molecule has 9 nitrogen and oxygen atoms in total. The summed E-state index contributed by atoms with van der Waals surface area (Å²) in [7, 11) is -4.09. The Labute approximate surface area is 149 Å². The van der Waals surface area contributed by atoms with E-state index in [-0.39, 0.29) is 12.7 Å². The lowest BCUT2D eigenvalue weighted by atomic mass is 10.1. The first-order valence-corrected chi connectivity index (χ1v) is 9.91. The largest absolute Gasteiger partial charge is 0.376 e. The zero-order valence-electron chi connectivity index (χ0n) is 15.0. The quantitative estimate of drug-likeness (QED) is 0.666. The Kier molecular flexibility index (Phi) is 6.57. The van der Waals surface area contributed by atoms with E-state index in [9.17, 15) is 23.4 Å². The molecule has 0 radical (unpaired) electrons. The minimum atomic E-state index is -4.09. The lowest BCUT2D eigenvalue weighted by Crippen LogP contribution is -2.37. The third kappa shape index (κ3) is 4.69. The van der Waals surface area contributed by atoms with Gasteiger partial charge in [0.05, 0.1) is 18.4 Å². The fourth-order valence-corrected chi connectivity index (χ4v) is 3.23. The Morgan fingerprint density at radius 2 is 2.04 bits per heavy atom. The zero-order valence-corrected chi connectivity index (χ0v) is 15.9. The summed E-state index contributed by atoms with van der Waals surface area (Å²) in [6.07, 6.45) is -4.83. The molecule has 2 rings (SSSR count). The van der Waals surface area contributed by atoms with E-state index in [1.54, 1.807) is 13.8 Å². The van der Waals surface area contributed by atoms with Crippen molar-refractivity contribution in [2.24, 2.45) is 0 Å². The molecule has 0 bridgehead atoms. The summed E-state index contributed by atoms with van der Waals surface area (Å²) in [6, 6.07) is 1.05. The summed E-state index contributed by atoms with van der Waals surface area (Å²) < 4.78 is 44.2. The van der Waals surface area contributed by atoms with Crippen molar-refractivity contribution in [3.63, 3.8) is 0 Å². The Bertz CT molecular complexity index is 778. The second-order valence-electron chi connectivity index (χ2n) is 6.64. The van der Waals surface area contributed by atoms with Crippen LogP contribution in [0.5, 0.6) is 0 Å². The van der Waals surface area contributed by atoms with Crippen LogP contribution in [-0.4, -0.2) is 51.2 Å². The molecule has 2 N–H and O–H groups in total. The topological polar surface area (TPSA) is 120 Å². The molecule has 0 aromatic carbocycles. The van der Waals surface area contributed by atoms with Crippen LogP contribution in [0, 0.1) is 0 Å². The molecule has 148 valence electrons. The van der Waals surface area contributed by atoms with Crippen molar-refractivity contribution in [3.05, 3.63) is 33.1 Å². The SMILES string of the molecule is CC(C)OC[C@H]1O[C@@H](n2ccc(=O)[nH]c2=O)C(F)[C@H]1OP(=O)(O)C(C)C. The van der Waals surface area contributed by atoms with Crippen LogP contribution in [0.3, 0.4) is 0 Å². The number of hydrogen-bond acceptors (Lipinski definition) is 6. The standard InChI is InChI=1S/C15H24FN2O7P/c1-8(2)23-7-10-13(25-26(21,22)9(3)4)12(16)14(24-10)18-6-5-11(19)17-15(18)20/h5-6,8-10,12-14H,7H2,1-4H3,(H,21,22)(H,17,19,20)/t10-,12?,13+,14-/m1/s1. The average Bonchev–Trinajstić information content (AvgIpc) is 2.81. The van der Waals surface area contributed by atoms with E-state index >= 15 is 0 Å². The number of aromatic nitrogens is 2. The first-order valence-electron chi connectivity index (χ1n) is 8.26. The number of nitrogens with zero attached hydrogens (tertiary/aromatic N) is 1. The van der Waals surface area contributed by atoms with Gasteiger partial charge in [-0.3, -0.25) is 23.4 Å². The Hall–Kier alpha value is -1.32. The second kappa shape index (κ2) is 8.14. The van der Waals surface area contributed by atoms with E-state index in [2.05, 4.69) is 0 Å². The van der Waals surface area contributed by atoms with E-state index < -0.39 is 49.1 Å². The van der Waals surface area contributed by atoms with E-state index in [0.29, 0.717) is 0 Å². The highest BCUT2D eigenvalue weighted by atomic mass is 31.2. The molecule has 1 fully saturated rings. The summed E-state index contributed by atoms with van der Waals surface area (Å²) in [6.45, 7) is 6.41. The number of aromatic amines is 1. The van der Waals surface area contributed by atoms with Gasteiger partial charge in [-0.25, -0.2) is 9.18 Å². The van der Waals surface area contributed by atoms with Crippen LogP contribution < -0.4 is 11.2 Å².